The highest BCUT2D eigenvalue weighted by Crippen LogP contribution is 2.12. The number of hydrogen-bond donors (Lipinski definition) is 0. The van der Waals surface area contributed by atoms with Gasteiger partial charge in [0.1, 0.15) is 0 Å². The third-order valence-corrected chi connectivity index (χ3v) is 4.35. The molecule has 0 spiro atoms. The lowest BCUT2D eigenvalue weighted by Crippen LogP contribution is -2.30. The van der Waals surface area contributed by atoms with Gasteiger partial charge in [-0.2, -0.15) is 5.10 Å². The molecule has 0 unspecified atom stereocenters. The van der Waals surface area contributed by atoms with Gasteiger partial charge in [0.05, 0.1) is 5.69 Å². The van der Waals surface area contributed by atoms with E-state index in [4.69, 9.17) is 0 Å². The maximum Gasteiger partial charge on any atom is 0.246 e. The minimum absolute atomic E-state index is 0.0608. The third kappa shape index (κ3) is 3.97. The average Bonchev–Trinajstić information content (AvgIpc) is 3.32. The second kappa shape index (κ2) is 7.70. The number of carbonyl (C=O) groups is 1. The fourth-order valence-corrected chi connectivity index (χ4v) is 2.95. The number of amides is 1. The summed E-state index contributed by atoms with van der Waals surface area (Å²) in [6, 6.07) is 10.1. The number of benzene rings is 1. The van der Waals surface area contributed by atoms with Gasteiger partial charge in [-0.25, -0.2) is 9.06 Å². The zero-order valence-corrected chi connectivity index (χ0v) is 14.0. The molecule has 24 heavy (non-hydrogen) atoms. The molecular formula is C18H18N4OS. The first kappa shape index (κ1) is 16.1. The molecule has 1 amide bonds. The zero-order chi connectivity index (χ0) is 16.8. The fraction of sp³-hybridized carbons (Fsp3) is 0.167. The monoisotopic (exact) mass is 338 g/mol. The maximum atomic E-state index is 12.0. The first-order valence-electron chi connectivity index (χ1n) is 7.65. The van der Waals surface area contributed by atoms with Crippen molar-refractivity contribution < 1.29 is 4.79 Å². The van der Waals surface area contributed by atoms with E-state index in [9.17, 15) is 4.79 Å². The molecule has 122 valence electrons. The largest absolute Gasteiger partial charge is 0.334 e. The molecule has 6 heteroatoms. The van der Waals surface area contributed by atoms with E-state index in [0.29, 0.717) is 13.1 Å². The lowest BCUT2D eigenvalue weighted by Gasteiger charge is -2.20. The van der Waals surface area contributed by atoms with Gasteiger partial charge in [-0.15, -0.1) is 0 Å². The molecule has 3 rings (SSSR count). The Morgan fingerprint density at radius 1 is 1.29 bits per heavy atom. The van der Waals surface area contributed by atoms with Gasteiger partial charge >= 0.3 is 0 Å². The Kier molecular flexibility index (Phi) is 5.18. The molecular weight excluding hydrogens is 320 g/mol. The molecule has 0 atom stereocenters. The number of aromatic nitrogens is 3. The van der Waals surface area contributed by atoms with Gasteiger partial charge in [-0.1, -0.05) is 18.7 Å². The van der Waals surface area contributed by atoms with Crippen LogP contribution in [0.4, 0.5) is 0 Å². The molecule has 0 N–H and O–H groups in total. The Balaban J connectivity index is 1.63. The topological polar surface area (TPSA) is 51.0 Å². The van der Waals surface area contributed by atoms with Crippen LogP contribution in [0.1, 0.15) is 11.1 Å². The van der Waals surface area contributed by atoms with Crippen LogP contribution < -0.4 is 0 Å². The van der Waals surface area contributed by atoms with E-state index in [0.717, 1.165) is 17.7 Å². The molecule has 1 aromatic carbocycles. The van der Waals surface area contributed by atoms with Crippen LogP contribution in [0.5, 0.6) is 0 Å². The molecule has 2 heterocycles. The molecule has 0 aliphatic rings. The van der Waals surface area contributed by atoms with Gasteiger partial charge in [0.25, 0.3) is 0 Å². The summed E-state index contributed by atoms with van der Waals surface area (Å²) in [7, 11) is 0. The van der Waals surface area contributed by atoms with Crippen molar-refractivity contribution in [1.82, 2.24) is 19.1 Å². The van der Waals surface area contributed by atoms with E-state index in [2.05, 4.69) is 28.2 Å². The summed E-state index contributed by atoms with van der Waals surface area (Å²) in [6.07, 6.45) is 7.62. The summed E-state index contributed by atoms with van der Waals surface area (Å²) in [5, 5.41) is 6.17. The number of rotatable bonds is 7. The second-order valence-electron chi connectivity index (χ2n) is 5.36. The van der Waals surface area contributed by atoms with Crippen molar-refractivity contribution in [3.05, 3.63) is 78.1 Å². The molecule has 0 aliphatic carbocycles. The molecule has 0 saturated carbocycles. The Hall–Kier alpha value is -2.73. The van der Waals surface area contributed by atoms with Crippen LogP contribution in [0.25, 0.3) is 5.69 Å². The van der Waals surface area contributed by atoms with Crippen LogP contribution in [0.15, 0.2) is 67.0 Å². The van der Waals surface area contributed by atoms with Crippen molar-refractivity contribution in [2.45, 2.75) is 13.0 Å². The van der Waals surface area contributed by atoms with Crippen LogP contribution in [-0.2, 0) is 17.8 Å². The predicted molar refractivity (Wildman–Crippen MR) is 95.0 cm³/mol. The molecule has 2 aromatic heterocycles. The van der Waals surface area contributed by atoms with Crippen LogP contribution in [0.2, 0.25) is 0 Å². The van der Waals surface area contributed by atoms with Gasteiger partial charge < -0.3 is 4.90 Å². The minimum atomic E-state index is -0.0608. The maximum absolute atomic E-state index is 12.0. The minimum Gasteiger partial charge on any atom is -0.334 e. The van der Waals surface area contributed by atoms with Crippen molar-refractivity contribution in [3.63, 3.8) is 0 Å². The van der Waals surface area contributed by atoms with E-state index in [-0.39, 0.29) is 5.91 Å². The Bertz CT molecular complexity index is 779. The first-order chi connectivity index (χ1) is 11.8. The lowest BCUT2D eigenvalue weighted by molar-refractivity contribution is -0.126. The zero-order valence-electron chi connectivity index (χ0n) is 13.2. The standard InChI is InChI=1S/C18H18N4OS/c1-2-18(23)21(13-16-12-20-24-14-16)11-8-15-4-6-17(7-5-15)22-10-3-9-19-22/h2-7,9-10,12,14H,1,8,11,13H2. The first-order valence-corrected chi connectivity index (χ1v) is 8.48. The molecule has 3 aromatic rings. The molecule has 0 fully saturated rings. The Morgan fingerprint density at radius 2 is 2.12 bits per heavy atom. The number of hydrogen-bond acceptors (Lipinski definition) is 4. The van der Waals surface area contributed by atoms with Crippen molar-refractivity contribution in [3.8, 4) is 5.69 Å². The van der Waals surface area contributed by atoms with Crippen molar-refractivity contribution in [2.75, 3.05) is 6.54 Å². The quantitative estimate of drug-likeness (QED) is 0.622. The third-order valence-electron chi connectivity index (χ3n) is 3.72. The van der Waals surface area contributed by atoms with E-state index >= 15 is 0 Å². The van der Waals surface area contributed by atoms with E-state index in [1.165, 1.54) is 23.2 Å². The van der Waals surface area contributed by atoms with Crippen LogP contribution in [0, 0.1) is 0 Å². The van der Waals surface area contributed by atoms with Crippen LogP contribution in [0.3, 0.4) is 0 Å². The highest BCUT2D eigenvalue weighted by atomic mass is 32.1. The predicted octanol–water partition coefficient (Wildman–Crippen LogP) is 3.09. The molecule has 0 aliphatic heterocycles. The van der Waals surface area contributed by atoms with E-state index in [1.807, 2.05) is 34.5 Å². The van der Waals surface area contributed by atoms with Crippen LogP contribution >= 0.6 is 11.5 Å². The molecule has 0 radical (unpaired) electrons. The highest BCUT2D eigenvalue weighted by Gasteiger charge is 2.11. The number of nitrogens with zero attached hydrogens (tertiary/aromatic N) is 4. The van der Waals surface area contributed by atoms with Gasteiger partial charge in [0, 0.05) is 42.6 Å². The normalized spacial score (nSPS) is 10.5. The molecule has 5 nitrogen and oxygen atoms in total. The van der Waals surface area contributed by atoms with Crippen molar-refractivity contribution in [2.24, 2.45) is 0 Å². The van der Waals surface area contributed by atoms with Crippen molar-refractivity contribution >= 4 is 17.4 Å². The summed E-state index contributed by atoms with van der Waals surface area (Å²) >= 11 is 1.39. The highest BCUT2D eigenvalue weighted by molar-refractivity contribution is 7.03. The fourth-order valence-electron chi connectivity index (χ4n) is 2.42. The summed E-state index contributed by atoms with van der Waals surface area (Å²) in [5.74, 6) is -0.0608. The average molecular weight is 338 g/mol. The Labute approximate surface area is 145 Å². The summed E-state index contributed by atoms with van der Waals surface area (Å²) < 4.78 is 5.90. The van der Waals surface area contributed by atoms with Gasteiger partial charge in [-0.3, -0.25) is 4.79 Å². The van der Waals surface area contributed by atoms with Gasteiger partial charge in [0.2, 0.25) is 5.91 Å². The molecule has 0 saturated heterocycles. The summed E-state index contributed by atoms with van der Waals surface area (Å²) in [6.45, 7) is 4.79. The summed E-state index contributed by atoms with van der Waals surface area (Å²) in [4.78, 5) is 13.8. The molecule has 0 bridgehead atoms. The van der Waals surface area contributed by atoms with Gasteiger partial charge in [-0.05, 0) is 47.8 Å². The van der Waals surface area contributed by atoms with Crippen LogP contribution in [-0.4, -0.2) is 31.5 Å². The second-order valence-corrected chi connectivity index (χ2v) is 6.02. The van der Waals surface area contributed by atoms with E-state index < -0.39 is 0 Å². The Morgan fingerprint density at radius 3 is 2.75 bits per heavy atom. The van der Waals surface area contributed by atoms with E-state index in [1.54, 1.807) is 17.3 Å². The SMILES string of the molecule is C=CC(=O)N(CCc1ccc(-n2cccn2)cc1)Cc1cnsc1. The van der Waals surface area contributed by atoms with Gasteiger partial charge in [0.15, 0.2) is 0 Å². The lowest BCUT2D eigenvalue weighted by atomic mass is 10.1. The smallest absolute Gasteiger partial charge is 0.246 e. The van der Waals surface area contributed by atoms with Crippen molar-refractivity contribution in [1.29, 1.82) is 0 Å². The number of carbonyl (C=O) groups excluding carboxylic acids is 1. The summed E-state index contributed by atoms with van der Waals surface area (Å²) in [5.41, 5.74) is 3.24.